The minimum absolute atomic E-state index is 0.0792. The average Bonchev–Trinajstić information content (AvgIpc) is 3.09. The van der Waals surface area contributed by atoms with Crippen LogP contribution >= 0.6 is 11.3 Å². The maximum absolute atomic E-state index is 13.2. The van der Waals surface area contributed by atoms with Crippen LogP contribution in [0.3, 0.4) is 0 Å². The number of nitrogens with zero attached hydrogens (tertiary/aromatic N) is 2. The third-order valence-electron chi connectivity index (χ3n) is 4.92. The maximum Gasteiger partial charge on any atom is 0.270 e. The smallest absolute Gasteiger partial charge is 0.270 e. The molecule has 2 heterocycles. The molecule has 29 heavy (non-hydrogen) atoms. The molecule has 1 fully saturated rings. The van der Waals surface area contributed by atoms with Gasteiger partial charge >= 0.3 is 0 Å². The first-order valence-electron chi connectivity index (χ1n) is 9.46. The van der Waals surface area contributed by atoms with Gasteiger partial charge in [-0.05, 0) is 38.0 Å². The predicted octanol–water partition coefficient (Wildman–Crippen LogP) is 3.72. The highest BCUT2D eigenvalue weighted by Gasteiger charge is 2.31. The Bertz CT molecular complexity index is 997. The Morgan fingerprint density at radius 3 is 2.59 bits per heavy atom. The number of thiophene rings is 1. The Hall–Kier alpha value is -2.01. The predicted molar refractivity (Wildman–Crippen MR) is 113 cm³/mol. The minimum Gasteiger partial charge on any atom is -0.379 e. The van der Waals surface area contributed by atoms with Crippen molar-refractivity contribution in [3.05, 3.63) is 49.7 Å². The SMILES string of the molecule is CCc1sc(C(C)Nc2ccc([N+](=O)[O-])cc2S(=O)(=O)N2CCOCC2)cc1C. The van der Waals surface area contributed by atoms with Gasteiger partial charge in [-0.25, -0.2) is 8.42 Å². The van der Waals surface area contributed by atoms with E-state index in [1.54, 1.807) is 11.3 Å². The normalized spacial score (nSPS) is 16.5. The van der Waals surface area contributed by atoms with Crippen LogP contribution in [0.1, 0.15) is 35.2 Å². The van der Waals surface area contributed by atoms with Gasteiger partial charge in [-0.2, -0.15) is 4.31 Å². The molecule has 8 nitrogen and oxygen atoms in total. The van der Waals surface area contributed by atoms with Crippen molar-refractivity contribution in [2.75, 3.05) is 31.6 Å². The van der Waals surface area contributed by atoms with Crippen LogP contribution in [0.2, 0.25) is 0 Å². The number of morpholine rings is 1. The largest absolute Gasteiger partial charge is 0.379 e. The van der Waals surface area contributed by atoms with Crippen LogP contribution < -0.4 is 5.32 Å². The van der Waals surface area contributed by atoms with E-state index >= 15 is 0 Å². The molecule has 0 amide bonds. The molecule has 1 aliphatic heterocycles. The second-order valence-corrected chi connectivity index (χ2v) is 10.0. The van der Waals surface area contributed by atoms with Gasteiger partial charge in [0.1, 0.15) is 4.90 Å². The second kappa shape index (κ2) is 8.78. The van der Waals surface area contributed by atoms with Gasteiger partial charge in [0.2, 0.25) is 10.0 Å². The number of hydrogen-bond acceptors (Lipinski definition) is 7. The molecule has 1 N–H and O–H groups in total. The standard InChI is InChI=1S/C19H25N3O5S2/c1-4-17-13(2)11-18(28-17)14(3)20-16-6-5-15(22(23)24)12-19(16)29(25,26)21-7-9-27-10-8-21/h5-6,11-12,14,20H,4,7-10H2,1-3H3. The molecule has 1 atom stereocenters. The number of non-ortho nitro benzene ring substituents is 1. The Kier molecular flexibility index (Phi) is 6.57. The van der Waals surface area contributed by atoms with E-state index in [1.807, 2.05) is 6.92 Å². The van der Waals surface area contributed by atoms with Gasteiger partial charge in [0.25, 0.3) is 5.69 Å². The lowest BCUT2D eigenvalue weighted by Gasteiger charge is -2.27. The van der Waals surface area contributed by atoms with E-state index in [2.05, 4.69) is 25.2 Å². The number of anilines is 1. The maximum atomic E-state index is 13.2. The summed E-state index contributed by atoms with van der Waals surface area (Å²) in [5, 5.41) is 14.5. The molecule has 0 spiro atoms. The first-order chi connectivity index (χ1) is 13.7. The third-order valence-corrected chi connectivity index (χ3v) is 8.43. The lowest BCUT2D eigenvalue weighted by molar-refractivity contribution is -0.385. The number of ether oxygens (including phenoxy) is 1. The number of aryl methyl sites for hydroxylation is 2. The summed E-state index contributed by atoms with van der Waals surface area (Å²) in [4.78, 5) is 13.0. The van der Waals surface area contributed by atoms with E-state index in [4.69, 9.17) is 4.74 Å². The Balaban J connectivity index is 1.98. The summed E-state index contributed by atoms with van der Waals surface area (Å²) < 4.78 is 33.0. The zero-order valence-corrected chi connectivity index (χ0v) is 18.3. The van der Waals surface area contributed by atoms with Crippen LogP contribution in [0.25, 0.3) is 0 Å². The van der Waals surface area contributed by atoms with Crippen molar-refractivity contribution in [2.24, 2.45) is 0 Å². The molecule has 1 saturated heterocycles. The number of nitro benzene ring substituents is 1. The van der Waals surface area contributed by atoms with Crippen LogP contribution in [0, 0.1) is 17.0 Å². The molecule has 0 aliphatic carbocycles. The molecule has 1 aromatic carbocycles. The fraction of sp³-hybridized carbons (Fsp3) is 0.474. The van der Waals surface area contributed by atoms with Gasteiger partial charge in [-0.3, -0.25) is 10.1 Å². The van der Waals surface area contributed by atoms with Gasteiger partial charge in [-0.15, -0.1) is 11.3 Å². The molecule has 1 aromatic heterocycles. The Labute approximate surface area is 174 Å². The van der Waals surface area contributed by atoms with Gasteiger partial charge in [0.05, 0.1) is 29.9 Å². The monoisotopic (exact) mass is 439 g/mol. The number of sulfonamides is 1. The number of nitrogens with one attached hydrogen (secondary N) is 1. The van der Waals surface area contributed by atoms with E-state index in [1.165, 1.54) is 26.9 Å². The van der Waals surface area contributed by atoms with Crippen molar-refractivity contribution in [2.45, 2.75) is 38.1 Å². The summed E-state index contributed by atoms with van der Waals surface area (Å²) >= 11 is 1.69. The molecule has 10 heteroatoms. The lowest BCUT2D eigenvalue weighted by atomic mass is 10.2. The fourth-order valence-corrected chi connectivity index (χ4v) is 6.00. The minimum atomic E-state index is -3.89. The molecular formula is C19H25N3O5S2. The third kappa shape index (κ3) is 4.61. The number of nitro groups is 1. The average molecular weight is 440 g/mol. The Morgan fingerprint density at radius 2 is 2.00 bits per heavy atom. The Morgan fingerprint density at radius 1 is 1.31 bits per heavy atom. The summed E-state index contributed by atoms with van der Waals surface area (Å²) in [6.07, 6.45) is 0.942. The van der Waals surface area contributed by atoms with Gasteiger partial charge in [0.15, 0.2) is 0 Å². The molecule has 1 unspecified atom stereocenters. The zero-order chi connectivity index (χ0) is 21.2. The topological polar surface area (TPSA) is 102 Å². The molecule has 1 aliphatic rings. The summed E-state index contributed by atoms with van der Waals surface area (Å²) in [5.74, 6) is 0. The highest BCUT2D eigenvalue weighted by molar-refractivity contribution is 7.89. The first kappa shape index (κ1) is 21.7. The van der Waals surface area contributed by atoms with Crippen molar-refractivity contribution < 1.29 is 18.1 Å². The van der Waals surface area contributed by atoms with Crippen LogP contribution in [0.5, 0.6) is 0 Å². The molecule has 2 aromatic rings. The summed E-state index contributed by atoms with van der Waals surface area (Å²) in [7, 11) is -3.89. The lowest BCUT2D eigenvalue weighted by Crippen LogP contribution is -2.40. The summed E-state index contributed by atoms with van der Waals surface area (Å²) in [5.41, 5.74) is 1.32. The first-order valence-corrected chi connectivity index (χ1v) is 11.7. The highest BCUT2D eigenvalue weighted by atomic mass is 32.2. The molecule has 3 rings (SSSR count). The quantitative estimate of drug-likeness (QED) is 0.521. The number of hydrogen-bond donors (Lipinski definition) is 1. The number of benzene rings is 1. The molecule has 0 bridgehead atoms. The van der Waals surface area contributed by atoms with E-state index in [0.29, 0.717) is 18.9 Å². The molecule has 158 valence electrons. The van der Waals surface area contributed by atoms with Crippen molar-refractivity contribution >= 4 is 32.7 Å². The van der Waals surface area contributed by atoms with Crippen LogP contribution in [-0.4, -0.2) is 43.9 Å². The molecule has 0 saturated carbocycles. The van der Waals surface area contributed by atoms with Crippen LogP contribution in [0.4, 0.5) is 11.4 Å². The van der Waals surface area contributed by atoms with Crippen molar-refractivity contribution in [3.8, 4) is 0 Å². The van der Waals surface area contributed by atoms with Crippen LogP contribution in [-0.2, 0) is 21.2 Å². The van der Waals surface area contributed by atoms with E-state index < -0.39 is 14.9 Å². The van der Waals surface area contributed by atoms with Crippen molar-refractivity contribution in [1.29, 1.82) is 0 Å². The highest BCUT2D eigenvalue weighted by Crippen LogP contribution is 2.34. The van der Waals surface area contributed by atoms with Gasteiger partial charge in [0, 0.05) is 35.0 Å². The van der Waals surface area contributed by atoms with Crippen molar-refractivity contribution in [1.82, 2.24) is 4.31 Å². The van der Waals surface area contributed by atoms with E-state index in [-0.39, 0.29) is 29.7 Å². The zero-order valence-electron chi connectivity index (χ0n) is 16.7. The van der Waals surface area contributed by atoms with E-state index in [0.717, 1.165) is 17.4 Å². The fourth-order valence-electron chi connectivity index (χ4n) is 3.30. The number of rotatable bonds is 7. The molecule has 0 radical (unpaired) electrons. The van der Waals surface area contributed by atoms with Gasteiger partial charge in [-0.1, -0.05) is 6.92 Å². The van der Waals surface area contributed by atoms with E-state index in [9.17, 15) is 18.5 Å². The second-order valence-electron chi connectivity index (χ2n) is 6.93. The van der Waals surface area contributed by atoms with Crippen molar-refractivity contribution in [3.63, 3.8) is 0 Å². The summed E-state index contributed by atoms with van der Waals surface area (Å²) in [6.45, 7) is 7.18. The van der Waals surface area contributed by atoms with Gasteiger partial charge < -0.3 is 10.1 Å². The summed E-state index contributed by atoms with van der Waals surface area (Å²) in [6, 6.07) is 5.90. The van der Waals surface area contributed by atoms with Crippen LogP contribution in [0.15, 0.2) is 29.2 Å². The molecular weight excluding hydrogens is 414 g/mol.